The minimum Gasteiger partial charge on any atom is -0.390 e. The Morgan fingerprint density at radius 1 is 1.04 bits per heavy atom. The zero-order valence-corrected chi connectivity index (χ0v) is 14.2. The van der Waals surface area contributed by atoms with Crippen LogP contribution in [0, 0.1) is 0 Å². The fourth-order valence-electron chi connectivity index (χ4n) is 3.38. The molecule has 0 aliphatic heterocycles. The molecule has 3 rings (SSSR count). The molecule has 24 heavy (non-hydrogen) atoms. The number of fused-ring (bicyclic) bond motifs is 1. The van der Waals surface area contributed by atoms with Crippen LogP contribution in [0.1, 0.15) is 37.9 Å². The first-order chi connectivity index (χ1) is 11.2. The molecular formula is C16H22N4O4. The van der Waals surface area contributed by atoms with Gasteiger partial charge in [0.1, 0.15) is 11.6 Å². The number of hydrogen-bond donors (Lipinski definition) is 1. The number of imidazole rings is 1. The van der Waals surface area contributed by atoms with E-state index in [1.165, 1.54) is 11.6 Å². The van der Waals surface area contributed by atoms with Crippen molar-refractivity contribution in [3.8, 4) is 0 Å². The van der Waals surface area contributed by atoms with Gasteiger partial charge in [0, 0.05) is 40.4 Å². The molecule has 0 amide bonds. The summed E-state index contributed by atoms with van der Waals surface area (Å²) in [5.74, 6) is 0.842. The van der Waals surface area contributed by atoms with Crippen molar-refractivity contribution in [1.29, 1.82) is 0 Å². The van der Waals surface area contributed by atoms with Gasteiger partial charge in [-0.1, -0.05) is 0 Å². The van der Waals surface area contributed by atoms with E-state index in [9.17, 15) is 19.5 Å². The van der Waals surface area contributed by atoms with E-state index < -0.39 is 11.3 Å². The average molecular weight is 334 g/mol. The highest BCUT2D eigenvalue weighted by Gasteiger charge is 2.32. The van der Waals surface area contributed by atoms with Crippen LogP contribution in [-0.2, 0) is 32.4 Å². The molecule has 2 aromatic heterocycles. The Bertz CT molecular complexity index is 924. The lowest BCUT2D eigenvalue weighted by Crippen LogP contribution is -2.37. The van der Waals surface area contributed by atoms with Gasteiger partial charge in [-0.3, -0.25) is 18.7 Å². The van der Waals surface area contributed by atoms with E-state index in [4.69, 9.17) is 0 Å². The van der Waals surface area contributed by atoms with Gasteiger partial charge < -0.3 is 9.67 Å². The molecule has 0 spiro atoms. The zero-order valence-electron chi connectivity index (χ0n) is 14.2. The summed E-state index contributed by atoms with van der Waals surface area (Å²) in [5, 5.41) is 10.6. The van der Waals surface area contributed by atoms with Crippen molar-refractivity contribution >= 4 is 16.9 Å². The van der Waals surface area contributed by atoms with Gasteiger partial charge in [-0.2, -0.15) is 0 Å². The highest BCUT2D eigenvalue weighted by molar-refractivity contribution is 5.79. The summed E-state index contributed by atoms with van der Waals surface area (Å²) in [6.07, 6.45) is 2.72. The zero-order chi connectivity index (χ0) is 17.6. The number of aryl methyl sites for hydroxylation is 3. The van der Waals surface area contributed by atoms with Crippen LogP contribution in [0.4, 0.5) is 0 Å². The number of hydrogen-bond acceptors (Lipinski definition) is 5. The van der Waals surface area contributed by atoms with Crippen LogP contribution < -0.4 is 11.2 Å². The van der Waals surface area contributed by atoms with Crippen molar-refractivity contribution in [3.05, 3.63) is 26.7 Å². The fraction of sp³-hybridized carbons (Fsp3) is 0.625. The van der Waals surface area contributed by atoms with Gasteiger partial charge in [0.15, 0.2) is 11.2 Å². The minimum atomic E-state index is -0.858. The summed E-state index contributed by atoms with van der Waals surface area (Å²) in [4.78, 5) is 40.1. The monoisotopic (exact) mass is 334 g/mol. The third-order valence-corrected chi connectivity index (χ3v) is 5.12. The highest BCUT2D eigenvalue weighted by atomic mass is 16.3. The molecule has 1 fully saturated rings. The molecule has 1 N–H and O–H groups in total. The van der Waals surface area contributed by atoms with Crippen LogP contribution in [0.5, 0.6) is 0 Å². The topological polar surface area (TPSA) is 99.1 Å². The molecule has 8 nitrogen and oxygen atoms in total. The van der Waals surface area contributed by atoms with Crippen LogP contribution in [0.2, 0.25) is 0 Å². The lowest BCUT2D eigenvalue weighted by molar-refractivity contribution is -0.125. The molecule has 8 heteroatoms. The summed E-state index contributed by atoms with van der Waals surface area (Å²) >= 11 is 0. The fourth-order valence-corrected chi connectivity index (χ4v) is 3.38. The van der Waals surface area contributed by atoms with Crippen LogP contribution in [0.3, 0.4) is 0 Å². The Morgan fingerprint density at radius 2 is 1.67 bits per heavy atom. The van der Waals surface area contributed by atoms with Gasteiger partial charge >= 0.3 is 5.69 Å². The predicted octanol–water partition coefficient (Wildman–Crippen LogP) is -0.222. The Kier molecular flexibility index (Phi) is 3.95. The number of ketones is 1. The average Bonchev–Trinajstić information content (AvgIpc) is 2.89. The number of aliphatic hydroxyl groups is 1. The Hall–Kier alpha value is -2.22. The molecule has 0 unspecified atom stereocenters. The van der Waals surface area contributed by atoms with E-state index in [2.05, 4.69) is 4.98 Å². The first kappa shape index (κ1) is 16.6. The van der Waals surface area contributed by atoms with Crippen LogP contribution in [-0.4, -0.2) is 35.2 Å². The van der Waals surface area contributed by atoms with Crippen LogP contribution in [0.25, 0.3) is 11.2 Å². The molecule has 1 aliphatic carbocycles. The van der Waals surface area contributed by atoms with Crippen LogP contribution in [0.15, 0.2) is 9.59 Å². The molecule has 0 atom stereocenters. The van der Waals surface area contributed by atoms with Gasteiger partial charge in [-0.05, 0) is 19.3 Å². The van der Waals surface area contributed by atoms with Gasteiger partial charge in [0.05, 0.1) is 5.60 Å². The third-order valence-electron chi connectivity index (χ3n) is 5.12. The number of nitrogens with zero attached hydrogens (tertiary/aromatic N) is 4. The number of aromatic nitrogens is 4. The van der Waals surface area contributed by atoms with Gasteiger partial charge in [0.25, 0.3) is 5.56 Å². The molecule has 0 saturated heterocycles. The van der Waals surface area contributed by atoms with Crippen molar-refractivity contribution in [1.82, 2.24) is 18.7 Å². The second kappa shape index (κ2) is 5.70. The van der Waals surface area contributed by atoms with Crippen molar-refractivity contribution in [3.63, 3.8) is 0 Å². The number of carbonyl (C=O) groups is 1. The number of rotatable bonds is 3. The summed E-state index contributed by atoms with van der Waals surface area (Å²) in [6, 6.07) is 0. The van der Waals surface area contributed by atoms with E-state index in [-0.39, 0.29) is 11.3 Å². The molecule has 2 aromatic rings. The van der Waals surface area contributed by atoms with E-state index in [1.807, 2.05) is 0 Å². The normalized spacial score (nSPS) is 17.6. The first-order valence-electron chi connectivity index (χ1n) is 8.09. The van der Waals surface area contributed by atoms with Gasteiger partial charge in [-0.15, -0.1) is 0 Å². The Balaban J connectivity index is 1.94. The summed E-state index contributed by atoms with van der Waals surface area (Å²) in [5.41, 5.74) is -0.923. The minimum absolute atomic E-state index is 0.195. The predicted molar refractivity (Wildman–Crippen MR) is 87.9 cm³/mol. The summed E-state index contributed by atoms with van der Waals surface area (Å²) in [6.45, 7) is 0. The molecule has 1 aliphatic rings. The number of carbonyl (C=O) groups excluding carboxylic acids is 1. The Labute approximate surface area is 138 Å². The largest absolute Gasteiger partial charge is 0.390 e. The molecule has 130 valence electrons. The van der Waals surface area contributed by atoms with Crippen molar-refractivity contribution in [2.75, 3.05) is 0 Å². The molecular weight excluding hydrogens is 312 g/mol. The van der Waals surface area contributed by atoms with E-state index >= 15 is 0 Å². The van der Waals surface area contributed by atoms with Gasteiger partial charge in [-0.25, -0.2) is 9.78 Å². The highest BCUT2D eigenvalue weighted by Crippen LogP contribution is 2.30. The lowest BCUT2D eigenvalue weighted by atomic mass is 9.81. The molecule has 2 heterocycles. The Morgan fingerprint density at radius 3 is 2.29 bits per heavy atom. The molecule has 0 aromatic carbocycles. The smallest absolute Gasteiger partial charge is 0.332 e. The van der Waals surface area contributed by atoms with Crippen molar-refractivity contribution in [2.24, 2.45) is 21.1 Å². The van der Waals surface area contributed by atoms with E-state index in [0.29, 0.717) is 55.5 Å². The third kappa shape index (κ3) is 2.60. The number of Topliss-reactive ketones (excluding diaryl/α,β-unsaturated/α-hetero) is 1. The van der Waals surface area contributed by atoms with Crippen molar-refractivity contribution < 1.29 is 9.90 Å². The SMILES string of the molecule is Cn1c(=O)c2c(nc(CCC3(O)CCC(=O)CC3)n2C)n(C)c1=O. The summed E-state index contributed by atoms with van der Waals surface area (Å²) < 4.78 is 4.11. The lowest BCUT2D eigenvalue weighted by Gasteiger charge is -2.31. The first-order valence-corrected chi connectivity index (χ1v) is 8.09. The maximum absolute atomic E-state index is 12.3. The summed E-state index contributed by atoms with van der Waals surface area (Å²) in [7, 11) is 4.77. The standard InChI is InChI=1S/C16H22N4O4/c1-18-11(6-9-16(24)7-4-10(21)5-8-16)17-13-12(18)14(22)20(3)15(23)19(13)2/h24H,4-9H2,1-3H3. The molecule has 1 saturated carbocycles. The quantitative estimate of drug-likeness (QED) is 0.836. The van der Waals surface area contributed by atoms with Gasteiger partial charge in [0.2, 0.25) is 0 Å². The maximum Gasteiger partial charge on any atom is 0.332 e. The molecule has 0 radical (unpaired) electrons. The van der Waals surface area contributed by atoms with E-state index in [0.717, 1.165) is 4.57 Å². The second-order valence-corrected chi connectivity index (χ2v) is 6.73. The van der Waals surface area contributed by atoms with E-state index in [1.54, 1.807) is 18.7 Å². The second-order valence-electron chi connectivity index (χ2n) is 6.73. The van der Waals surface area contributed by atoms with Crippen molar-refractivity contribution in [2.45, 2.75) is 44.1 Å². The molecule has 0 bridgehead atoms. The maximum atomic E-state index is 12.3. The van der Waals surface area contributed by atoms with Crippen LogP contribution >= 0.6 is 0 Å².